The van der Waals surface area contributed by atoms with Crippen LogP contribution in [-0.2, 0) is 32.6 Å². The molecular weight excluding hydrogens is 534 g/mol. The molecule has 1 atom stereocenters. The number of rotatable bonds is 7. The maximum atomic E-state index is 13.8. The molecule has 0 spiro atoms. The summed E-state index contributed by atoms with van der Waals surface area (Å²) in [5.41, 5.74) is 2.17. The average molecular weight is 565 g/mol. The van der Waals surface area contributed by atoms with Crippen molar-refractivity contribution in [3.05, 3.63) is 52.0 Å². The van der Waals surface area contributed by atoms with Gasteiger partial charge in [0, 0.05) is 42.6 Å². The van der Waals surface area contributed by atoms with Gasteiger partial charge in [0.1, 0.15) is 10.6 Å². The molecule has 0 aliphatic carbocycles. The van der Waals surface area contributed by atoms with Crippen molar-refractivity contribution in [2.45, 2.75) is 44.0 Å². The number of benzene rings is 2. The van der Waals surface area contributed by atoms with Gasteiger partial charge in [0.05, 0.1) is 18.7 Å². The fourth-order valence-corrected chi connectivity index (χ4v) is 7.24. The number of nitrogens with one attached hydrogen (secondary N) is 1. The van der Waals surface area contributed by atoms with Gasteiger partial charge in [-0.3, -0.25) is 9.59 Å². The summed E-state index contributed by atoms with van der Waals surface area (Å²) in [6.45, 7) is 2.98. The minimum Gasteiger partial charge on any atom is -0.496 e. The lowest BCUT2D eigenvalue weighted by molar-refractivity contribution is -0.126. The Bertz CT molecular complexity index is 1230. The molecule has 0 bridgehead atoms. The van der Waals surface area contributed by atoms with Crippen molar-refractivity contribution in [3.8, 4) is 5.75 Å². The zero-order chi connectivity index (χ0) is 25.2. The summed E-state index contributed by atoms with van der Waals surface area (Å²) in [6, 6.07) is 10.9. The van der Waals surface area contributed by atoms with Crippen LogP contribution in [0.2, 0.25) is 0 Å². The molecular formula is C25H30BrN3O5S. The molecule has 2 aromatic rings. The van der Waals surface area contributed by atoms with E-state index in [-0.39, 0.29) is 23.3 Å². The highest BCUT2D eigenvalue weighted by atomic mass is 79.9. The van der Waals surface area contributed by atoms with Crippen molar-refractivity contribution in [2.75, 3.05) is 31.6 Å². The van der Waals surface area contributed by atoms with Gasteiger partial charge in [-0.1, -0.05) is 41.1 Å². The van der Waals surface area contributed by atoms with Gasteiger partial charge >= 0.3 is 0 Å². The topological polar surface area (TPSA) is 96.0 Å². The first-order valence-corrected chi connectivity index (χ1v) is 14.0. The Morgan fingerprint density at radius 2 is 1.97 bits per heavy atom. The summed E-state index contributed by atoms with van der Waals surface area (Å²) in [4.78, 5) is 27.2. The lowest BCUT2D eigenvalue weighted by Gasteiger charge is -2.32. The molecule has 4 rings (SSSR count). The van der Waals surface area contributed by atoms with Crippen molar-refractivity contribution >= 4 is 43.5 Å². The largest absolute Gasteiger partial charge is 0.496 e. The Kier molecular flexibility index (Phi) is 7.83. The number of halogens is 1. The van der Waals surface area contributed by atoms with Crippen LogP contribution in [0.1, 0.15) is 37.3 Å². The van der Waals surface area contributed by atoms with Crippen molar-refractivity contribution < 1.29 is 22.7 Å². The maximum absolute atomic E-state index is 13.8. The van der Waals surface area contributed by atoms with Crippen LogP contribution in [0.4, 0.5) is 5.69 Å². The van der Waals surface area contributed by atoms with E-state index < -0.39 is 15.9 Å². The summed E-state index contributed by atoms with van der Waals surface area (Å²) >= 11 is 3.44. The SMILES string of the molecule is CCC(=O)N1CCc2cc(Br)cc(S(=O)(=O)N3CCC[C@H](C(=O)NCc4ccccc4OC)C3)c21. The Morgan fingerprint density at radius 3 is 2.71 bits per heavy atom. The minimum absolute atomic E-state index is 0.100. The molecule has 1 saturated heterocycles. The van der Waals surface area contributed by atoms with Crippen molar-refractivity contribution in [3.63, 3.8) is 0 Å². The molecule has 0 unspecified atom stereocenters. The van der Waals surface area contributed by atoms with E-state index in [9.17, 15) is 18.0 Å². The van der Waals surface area contributed by atoms with Gasteiger partial charge in [-0.25, -0.2) is 8.42 Å². The van der Waals surface area contributed by atoms with Crippen molar-refractivity contribution in [1.29, 1.82) is 0 Å². The number of fused-ring (bicyclic) bond motifs is 1. The Morgan fingerprint density at radius 1 is 1.20 bits per heavy atom. The maximum Gasteiger partial charge on any atom is 0.245 e. The number of para-hydroxylation sites is 1. The van der Waals surface area contributed by atoms with Gasteiger partial charge in [-0.2, -0.15) is 4.31 Å². The number of hydrogen-bond acceptors (Lipinski definition) is 5. The fourth-order valence-electron chi connectivity index (χ4n) is 4.80. The van der Waals surface area contributed by atoms with Crippen LogP contribution >= 0.6 is 15.9 Å². The second kappa shape index (κ2) is 10.7. The summed E-state index contributed by atoms with van der Waals surface area (Å²) in [5.74, 6) is -0.0509. The first kappa shape index (κ1) is 25.7. The molecule has 0 aromatic heterocycles. The van der Waals surface area contributed by atoms with E-state index >= 15 is 0 Å². The zero-order valence-electron chi connectivity index (χ0n) is 19.9. The summed E-state index contributed by atoms with van der Waals surface area (Å²) in [5, 5.41) is 2.93. The van der Waals surface area contributed by atoms with Crippen molar-refractivity contribution in [2.24, 2.45) is 5.92 Å². The number of amides is 2. The van der Waals surface area contributed by atoms with Crippen LogP contribution in [0.25, 0.3) is 0 Å². The molecule has 2 aliphatic heterocycles. The highest BCUT2D eigenvalue weighted by molar-refractivity contribution is 9.10. The Balaban J connectivity index is 1.54. The van der Waals surface area contributed by atoms with E-state index in [1.165, 1.54) is 4.31 Å². The fraction of sp³-hybridized carbons (Fsp3) is 0.440. The molecule has 10 heteroatoms. The molecule has 2 heterocycles. The molecule has 0 saturated carbocycles. The minimum atomic E-state index is -3.92. The summed E-state index contributed by atoms with van der Waals surface area (Å²) in [6.07, 6.45) is 2.10. The lowest BCUT2D eigenvalue weighted by Crippen LogP contribution is -2.45. The van der Waals surface area contributed by atoms with Crippen molar-refractivity contribution in [1.82, 2.24) is 9.62 Å². The number of sulfonamides is 1. The first-order chi connectivity index (χ1) is 16.8. The third kappa shape index (κ3) is 5.24. The predicted octanol–water partition coefficient (Wildman–Crippen LogP) is 3.47. The summed E-state index contributed by atoms with van der Waals surface area (Å²) in [7, 11) is -2.34. The van der Waals surface area contributed by atoms with Gasteiger partial charge in [0.25, 0.3) is 0 Å². The van der Waals surface area contributed by atoms with E-state index in [2.05, 4.69) is 21.2 Å². The monoisotopic (exact) mass is 563 g/mol. The van der Waals surface area contributed by atoms with Crippen LogP contribution in [0.3, 0.4) is 0 Å². The third-order valence-corrected chi connectivity index (χ3v) is 8.95. The Hall–Kier alpha value is -2.43. The number of anilines is 1. The number of nitrogens with zero attached hydrogens (tertiary/aromatic N) is 2. The van der Waals surface area contributed by atoms with E-state index in [0.29, 0.717) is 61.2 Å². The smallest absolute Gasteiger partial charge is 0.245 e. The molecule has 2 aromatic carbocycles. The van der Waals surface area contributed by atoms with Gasteiger partial charge in [-0.05, 0) is 43.0 Å². The quantitative estimate of drug-likeness (QED) is 0.556. The number of methoxy groups -OCH3 is 1. The van der Waals surface area contributed by atoms with Gasteiger partial charge < -0.3 is 15.0 Å². The number of ether oxygens (including phenoxy) is 1. The van der Waals surface area contributed by atoms with Crippen LogP contribution < -0.4 is 15.0 Å². The van der Waals surface area contributed by atoms with Crippen LogP contribution in [0, 0.1) is 5.92 Å². The molecule has 1 N–H and O–H groups in total. The molecule has 0 radical (unpaired) electrons. The molecule has 2 amide bonds. The van der Waals surface area contributed by atoms with E-state index in [0.717, 1.165) is 11.1 Å². The average Bonchev–Trinajstić information content (AvgIpc) is 3.30. The number of carbonyl (C=O) groups is 2. The normalized spacial score (nSPS) is 18.3. The number of carbonyl (C=O) groups excluding carboxylic acids is 2. The van der Waals surface area contributed by atoms with Crippen LogP contribution in [0.15, 0.2) is 45.8 Å². The van der Waals surface area contributed by atoms with Crippen LogP contribution in [-0.4, -0.2) is 51.3 Å². The van der Waals surface area contributed by atoms with E-state index in [4.69, 9.17) is 4.74 Å². The highest BCUT2D eigenvalue weighted by Crippen LogP contribution is 2.39. The predicted molar refractivity (Wildman–Crippen MR) is 137 cm³/mol. The number of piperidine rings is 1. The molecule has 35 heavy (non-hydrogen) atoms. The van der Waals surface area contributed by atoms with Gasteiger partial charge in [0.2, 0.25) is 21.8 Å². The first-order valence-electron chi connectivity index (χ1n) is 11.8. The lowest BCUT2D eigenvalue weighted by atomic mass is 9.98. The second-order valence-corrected chi connectivity index (χ2v) is 11.6. The van der Waals surface area contributed by atoms with E-state index in [1.54, 1.807) is 25.0 Å². The molecule has 8 nitrogen and oxygen atoms in total. The number of hydrogen-bond donors (Lipinski definition) is 1. The molecule has 2 aliphatic rings. The van der Waals surface area contributed by atoms with Crippen LogP contribution in [0.5, 0.6) is 5.75 Å². The van der Waals surface area contributed by atoms with Gasteiger partial charge in [0.15, 0.2) is 0 Å². The summed E-state index contributed by atoms with van der Waals surface area (Å²) < 4.78 is 35.0. The Labute approximate surface area is 214 Å². The zero-order valence-corrected chi connectivity index (χ0v) is 22.3. The molecule has 1 fully saturated rings. The standard InChI is InChI=1S/C25H30BrN3O5S/c1-3-23(30)29-12-10-17-13-20(26)14-22(24(17)29)35(32,33)28-11-6-8-19(16-28)25(31)27-15-18-7-4-5-9-21(18)34-2/h4-5,7,9,13-14,19H,3,6,8,10-12,15-16H2,1-2H3,(H,27,31)/t19-/m0/s1. The van der Waals surface area contributed by atoms with Gasteiger partial charge in [-0.15, -0.1) is 0 Å². The molecule has 188 valence electrons. The van der Waals surface area contributed by atoms with E-state index in [1.807, 2.05) is 30.3 Å². The highest BCUT2D eigenvalue weighted by Gasteiger charge is 2.38. The third-order valence-electron chi connectivity index (χ3n) is 6.62. The second-order valence-electron chi connectivity index (χ2n) is 8.79.